The molecule has 0 aliphatic carbocycles. The Morgan fingerprint density at radius 3 is 2.58 bits per heavy atom. The molecule has 0 aromatic rings. The fourth-order valence-electron chi connectivity index (χ4n) is 3.75. The summed E-state index contributed by atoms with van der Waals surface area (Å²) in [5.74, 6) is 1.70. The summed E-state index contributed by atoms with van der Waals surface area (Å²) in [4.78, 5) is 21.1. The molecule has 0 bridgehead atoms. The molecule has 0 aromatic carbocycles. The number of carbonyl (C=O) groups is 1. The van der Waals surface area contributed by atoms with Gasteiger partial charge >= 0.3 is 5.97 Å². The number of carbonyl (C=O) groups excluding carboxylic acids is 1. The van der Waals surface area contributed by atoms with Crippen LogP contribution < -0.4 is 5.32 Å². The molecular formula is C18H34N4O2. The number of esters is 1. The van der Waals surface area contributed by atoms with Crippen LogP contribution in [0.1, 0.15) is 39.5 Å². The summed E-state index contributed by atoms with van der Waals surface area (Å²) in [6, 6.07) is 0. The van der Waals surface area contributed by atoms with Crippen molar-refractivity contribution in [3.05, 3.63) is 0 Å². The van der Waals surface area contributed by atoms with Crippen LogP contribution in [0.15, 0.2) is 4.99 Å². The number of nitrogens with one attached hydrogen (secondary N) is 1. The second-order valence-corrected chi connectivity index (χ2v) is 6.90. The van der Waals surface area contributed by atoms with Crippen LogP contribution in [0, 0.1) is 11.8 Å². The molecule has 6 nitrogen and oxygen atoms in total. The van der Waals surface area contributed by atoms with E-state index in [1.54, 1.807) is 0 Å². The highest BCUT2D eigenvalue weighted by atomic mass is 16.5. The van der Waals surface area contributed by atoms with Crippen molar-refractivity contribution in [1.82, 2.24) is 15.1 Å². The molecule has 2 aliphatic rings. The number of hydrogen-bond donors (Lipinski definition) is 1. The van der Waals surface area contributed by atoms with Gasteiger partial charge < -0.3 is 19.9 Å². The molecular weight excluding hydrogens is 304 g/mol. The van der Waals surface area contributed by atoms with Gasteiger partial charge in [-0.15, -0.1) is 0 Å². The molecule has 2 aliphatic heterocycles. The van der Waals surface area contributed by atoms with E-state index in [0.29, 0.717) is 12.5 Å². The predicted octanol–water partition coefficient (Wildman–Crippen LogP) is 1.57. The van der Waals surface area contributed by atoms with Crippen molar-refractivity contribution >= 4 is 11.9 Å². The van der Waals surface area contributed by atoms with Gasteiger partial charge in [0.15, 0.2) is 5.96 Å². The number of nitrogens with zero attached hydrogens (tertiary/aromatic N) is 3. The van der Waals surface area contributed by atoms with Gasteiger partial charge in [-0.3, -0.25) is 9.79 Å². The van der Waals surface area contributed by atoms with E-state index in [1.165, 1.54) is 32.5 Å². The van der Waals surface area contributed by atoms with Crippen molar-refractivity contribution in [3.8, 4) is 0 Å². The third-order valence-electron chi connectivity index (χ3n) is 5.08. The molecule has 2 fully saturated rings. The Labute approximate surface area is 146 Å². The second-order valence-electron chi connectivity index (χ2n) is 6.90. The third kappa shape index (κ3) is 5.36. The first-order valence-electron chi connectivity index (χ1n) is 9.52. The number of ether oxygens (including phenoxy) is 1. The van der Waals surface area contributed by atoms with Gasteiger partial charge in [0.2, 0.25) is 0 Å². The van der Waals surface area contributed by atoms with Crippen molar-refractivity contribution in [1.29, 1.82) is 0 Å². The Bertz CT molecular complexity index is 419. The van der Waals surface area contributed by atoms with Crippen molar-refractivity contribution in [3.63, 3.8) is 0 Å². The largest absolute Gasteiger partial charge is 0.466 e. The number of aliphatic imine (C=N–C) groups is 1. The first kappa shape index (κ1) is 19.0. The highest BCUT2D eigenvalue weighted by Crippen LogP contribution is 2.19. The number of hydrogen-bond acceptors (Lipinski definition) is 4. The fourth-order valence-corrected chi connectivity index (χ4v) is 3.75. The van der Waals surface area contributed by atoms with Crippen molar-refractivity contribution in [2.24, 2.45) is 16.8 Å². The quantitative estimate of drug-likeness (QED) is 0.453. The summed E-state index contributed by atoms with van der Waals surface area (Å²) in [7, 11) is 1.85. The summed E-state index contributed by atoms with van der Waals surface area (Å²) in [5, 5.41) is 3.55. The zero-order chi connectivity index (χ0) is 17.4. The van der Waals surface area contributed by atoms with Crippen LogP contribution in [0.4, 0.5) is 0 Å². The molecule has 24 heavy (non-hydrogen) atoms. The van der Waals surface area contributed by atoms with E-state index >= 15 is 0 Å². The van der Waals surface area contributed by atoms with Gasteiger partial charge in [0, 0.05) is 33.2 Å². The normalized spacial score (nSPS) is 23.5. The van der Waals surface area contributed by atoms with E-state index in [1.807, 2.05) is 14.0 Å². The van der Waals surface area contributed by atoms with Crippen LogP contribution in [0.2, 0.25) is 0 Å². The number of likely N-dealkylation sites (tertiary alicyclic amines) is 2. The summed E-state index contributed by atoms with van der Waals surface area (Å²) in [6.45, 7) is 10.9. The van der Waals surface area contributed by atoms with E-state index in [0.717, 1.165) is 38.4 Å². The molecule has 2 saturated heterocycles. The molecule has 2 heterocycles. The molecule has 138 valence electrons. The zero-order valence-corrected chi connectivity index (χ0v) is 15.6. The molecule has 2 rings (SSSR count). The molecule has 1 N–H and O–H groups in total. The minimum atomic E-state index is -0.0398. The molecule has 0 aromatic heterocycles. The fraction of sp³-hybridized carbons (Fsp3) is 0.889. The predicted molar refractivity (Wildman–Crippen MR) is 97.1 cm³/mol. The summed E-state index contributed by atoms with van der Waals surface area (Å²) < 4.78 is 5.14. The third-order valence-corrected chi connectivity index (χ3v) is 5.08. The van der Waals surface area contributed by atoms with Crippen LogP contribution in [0.3, 0.4) is 0 Å². The lowest BCUT2D eigenvalue weighted by molar-refractivity contribution is -0.149. The van der Waals surface area contributed by atoms with Crippen molar-refractivity contribution < 1.29 is 9.53 Å². The topological polar surface area (TPSA) is 57.2 Å². The van der Waals surface area contributed by atoms with Gasteiger partial charge in [0.05, 0.1) is 12.5 Å². The Kier molecular flexibility index (Phi) is 7.82. The number of rotatable bonds is 6. The van der Waals surface area contributed by atoms with E-state index in [4.69, 9.17) is 4.74 Å². The van der Waals surface area contributed by atoms with E-state index < -0.39 is 0 Å². The van der Waals surface area contributed by atoms with E-state index in [2.05, 4.69) is 27.0 Å². The lowest BCUT2D eigenvalue weighted by atomic mass is 9.97. The lowest BCUT2D eigenvalue weighted by Gasteiger charge is -2.33. The zero-order valence-electron chi connectivity index (χ0n) is 15.6. The maximum Gasteiger partial charge on any atom is 0.309 e. The van der Waals surface area contributed by atoms with Gasteiger partial charge in [-0.05, 0) is 51.6 Å². The Hall–Kier alpha value is -1.30. The molecule has 1 unspecified atom stereocenters. The van der Waals surface area contributed by atoms with Gasteiger partial charge in [-0.1, -0.05) is 6.92 Å². The van der Waals surface area contributed by atoms with Crippen molar-refractivity contribution in [2.45, 2.75) is 39.5 Å². The molecule has 6 heteroatoms. The molecule has 0 spiro atoms. The first-order chi connectivity index (χ1) is 11.7. The van der Waals surface area contributed by atoms with Crippen LogP contribution in [-0.2, 0) is 9.53 Å². The highest BCUT2D eigenvalue weighted by Gasteiger charge is 2.28. The maximum atomic E-state index is 11.8. The van der Waals surface area contributed by atoms with Crippen LogP contribution >= 0.6 is 0 Å². The second kappa shape index (κ2) is 9.87. The average molecular weight is 338 g/mol. The van der Waals surface area contributed by atoms with Gasteiger partial charge in [0.1, 0.15) is 0 Å². The van der Waals surface area contributed by atoms with Gasteiger partial charge in [0.25, 0.3) is 0 Å². The van der Waals surface area contributed by atoms with E-state index in [-0.39, 0.29) is 11.9 Å². The Balaban J connectivity index is 1.72. The van der Waals surface area contributed by atoms with Crippen LogP contribution in [0.5, 0.6) is 0 Å². The monoisotopic (exact) mass is 338 g/mol. The number of piperidine rings is 1. The standard InChI is InChI=1S/C18H34N4O2/c1-4-9-21-10-6-15(14-21)13-20-18(19-3)22-11-7-16(8-12-22)17(23)24-5-2/h15-16H,4-14H2,1-3H3,(H,19,20). The van der Waals surface area contributed by atoms with Crippen LogP contribution in [-0.4, -0.2) is 74.7 Å². The average Bonchev–Trinajstić information content (AvgIpc) is 3.04. The summed E-state index contributed by atoms with van der Waals surface area (Å²) in [5.41, 5.74) is 0. The van der Waals surface area contributed by atoms with Gasteiger partial charge in [-0.25, -0.2) is 0 Å². The Morgan fingerprint density at radius 1 is 1.21 bits per heavy atom. The molecule has 0 radical (unpaired) electrons. The smallest absolute Gasteiger partial charge is 0.309 e. The van der Waals surface area contributed by atoms with Crippen molar-refractivity contribution in [2.75, 3.05) is 52.9 Å². The first-order valence-corrected chi connectivity index (χ1v) is 9.52. The molecule has 1 atom stereocenters. The highest BCUT2D eigenvalue weighted by molar-refractivity contribution is 5.80. The van der Waals surface area contributed by atoms with E-state index in [9.17, 15) is 4.79 Å². The molecule has 0 amide bonds. The minimum absolute atomic E-state index is 0.0398. The minimum Gasteiger partial charge on any atom is -0.466 e. The summed E-state index contributed by atoms with van der Waals surface area (Å²) >= 11 is 0. The molecule has 0 saturated carbocycles. The van der Waals surface area contributed by atoms with Crippen LogP contribution in [0.25, 0.3) is 0 Å². The maximum absolute atomic E-state index is 11.8. The SMILES string of the molecule is CCCN1CCC(CNC(=NC)N2CCC(C(=O)OCC)CC2)C1. The van der Waals surface area contributed by atoms with Gasteiger partial charge in [-0.2, -0.15) is 0 Å². The Morgan fingerprint density at radius 2 is 1.96 bits per heavy atom. The lowest BCUT2D eigenvalue weighted by Crippen LogP contribution is -2.47. The summed E-state index contributed by atoms with van der Waals surface area (Å²) in [6.07, 6.45) is 4.21. The number of guanidine groups is 1.